The number of rotatable bonds is 3. The van der Waals surface area contributed by atoms with Crippen LogP contribution >= 0.6 is 0 Å². The van der Waals surface area contributed by atoms with E-state index in [0.29, 0.717) is 12.3 Å². The number of aryl methyl sites for hydroxylation is 1. The fourth-order valence-electron chi connectivity index (χ4n) is 2.38. The quantitative estimate of drug-likeness (QED) is 0.948. The molecule has 3 rings (SSSR count). The molecule has 0 saturated carbocycles. The van der Waals surface area contributed by atoms with Crippen molar-refractivity contribution in [2.45, 2.75) is 18.6 Å². The molecule has 0 fully saturated rings. The zero-order chi connectivity index (χ0) is 14.7. The van der Waals surface area contributed by atoms with Crippen LogP contribution in [0.4, 0.5) is 5.69 Å². The fraction of sp³-hybridized carbons (Fsp3) is 0.188. The lowest BCUT2D eigenvalue weighted by molar-refractivity contribution is 0.597. The van der Waals surface area contributed by atoms with E-state index < -0.39 is 10.0 Å². The topological polar surface area (TPSA) is 58.5 Å². The van der Waals surface area contributed by atoms with Gasteiger partial charge >= 0.3 is 0 Å². The maximum absolute atomic E-state index is 12.2. The second-order valence-corrected chi connectivity index (χ2v) is 6.67. The first-order chi connectivity index (χ1) is 10.1. The van der Waals surface area contributed by atoms with Gasteiger partial charge in [0.1, 0.15) is 5.84 Å². The van der Waals surface area contributed by atoms with Crippen molar-refractivity contribution >= 4 is 21.5 Å². The minimum atomic E-state index is -3.51. The Balaban J connectivity index is 1.79. The van der Waals surface area contributed by atoms with Gasteiger partial charge < -0.3 is 5.32 Å². The molecule has 0 amide bonds. The predicted molar refractivity (Wildman–Crippen MR) is 84.9 cm³/mol. The molecule has 0 radical (unpaired) electrons. The molecule has 0 atom stereocenters. The minimum absolute atomic E-state index is 0.0688. The molecule has 4 nitrogen and oxygen atoms in total. The summed E-state index contributed by atoms with van der Waals surface area (Å²) in [6.45, 7) is 0. The molecule has 1 N–H and O–H groups in total. The number of fused-ring (bicyclic) bond motifs is 1. The Labute approximate surface area is 124 Å². The Bertz CT molecular complexity index is 768. The molecule has 2 aromatic carbocycles. The first kappa shape index (κ1) is 13.8. The van der Waals surface area contributed by atoms with Gasteiger partial charge in [0.05, 0.1) is 5.75 Å². The standard InChI is InChI=1S/C16H16N2O2S/c19-21(20,12-13-6-2-1-3-7-13)18-16-11-10-14-8-4-5-9-15(14)17-16/h1-9H,10-12H2,(H,17,18). The van der Waals surface area contributed by atoms with Gasteiger partial charge in [0.2, 0.25) is 0 Å². The first-order valence-corrected chi connectivity index (χ1v) is 8.44. The largest absolute Gasteiger partial charge is 0.343 e. The summed E-state index contributed by atoms with van der Waals surface area (Å²) < 4.78 is 28.2. The number of nitrogens with zero attached hydrogens (tertiary/aromatic N) is 1. The molecular formula is C16H16N2O2S. The highest BCUT2D eigenvalue weighted by molar-refractivity contribution is 7.89. The molecule has 0 saturated heterocycles. The van der Waals surface area contributed by atoms with Crippen molar-refractivity contribution in [3.8, 4) is 0 Å². The summed E-state index contributed by atoms with van der Waals surface area (Å²) in [4.78, 5) is 0. The third-order valence-corrected chi connectivity index (χ3v) is 4.57. The van der Waals surface area contributed by atoms with Gasteiger partial charge in [-0.25, -0.2) is 8.42 Å². The van der Waals surface area contributed by atoms with Crippen LogP contribution in [0, 0.1) is 0 Å². The maximum atomic E-state index is 12.2. The molecule has 2 aromatic rings. The summed E-state index contributed by atoms with van der Waals surface area (Å²) in [5, 5.41) is 3.11. The Morgan fingerprint density at radius 2 is 1.67 bits per heavy atom. The van der Waals surface area contributed by atoms with Crippen LogP contribution in [0.25, 0.3) is 0 Å². The van der Waals surface area contributed by atoms with E-state index in [1.165, 1.54) is 5.56 Å². The molecule has 1 heterocycles. The van der Waals surface area contributed by atoms with Gasteiger partial charge in [0.25, 0.3) is 10.0 Å². The smallest absolute Gasteiger partial charge is 0.258 e. The zero-order valence-electron chi connectivity index (χ0n) is 11.5. The van der Waals surface area contributed by atoms with Crippen LogP contribution in [-0.2, 0) is 22.2 Å². The number of hydrogen-bond acceptors (Lipinski definition) is 2. The van der Waals surface area contributed by atoms with E-state index in [1.807, 2.05) is 42.5 Å². The Morgan fingerprint density at radius 3 is 2.48 bits per heavy atom. The molecule has 5 heteroatoms. The molecule has 0 aliphatic carbocycles. The van der Waals surface area contributed by atoms with Gasteiger partial charge in [0.15, 0.2) is 0 Å². The normalized spacial score (nSPS) is 16.3. The van der Waals surface area contributed by atoms with Gasteiger partial charge in [0, 0.05) is 12.1 Å². The van der Waals surface area contributed by atoms with Crippen LogP contribution in [0.3, 0.4) is 0 Å². The van der Waals surface area contributed by atoms with E-state index >= 15 is 0 Å². The van der Waals surface area contributed by atoms with Crippen LogP contribution in [0.5, 0.6) is 0 Å². The molecule has 0 spiro atoms. The molecule has 21 heavy (non-hydrogen) atoms. The summed E-state index contributed by atoms with van der Waals surface area (Å²) >= 11 is 0. The summed E-state index contributed by atoms with van der Waals surface area (Å²) in [5.41, 5.74) is 2.88. The number of hydrogen-bond donors (Lipinski definition) is 1. The molecular weight excluding hydrogens is 284 g/mol. The number of benzene rings is 2. The molecule has 108 valence electrons. The zero-order valence-corrected chi connectivity index (χ0v) is 12.3. The average molecular weight is 300 g/mol. The van der Waals surface area contributed by atoms with Gasteiger partial charge in [-0.15, -0.1) is 4.40 Å². The first-order valence-electron chi connectivity index (χ1n) is 6.83. The van der Waals surface area contributed by atoms with Crippen molar-refractivity contribution < 1.29 is 8.42 Å². The predicted octanol–water partition coefficient (Wildman–Crippen LogP) is 2.97. The van der Waals surface area contributed by atoms with Crippen molar-refractivity contribution in [2.24, 2.45) is 4.40 Å². The van der Waals surface area contributed by atoms with E-state index in [1.54, 1.807) is 12.1 Å². The van der Waals surface area contributed by atoms with Crippen molar-refractivity contribution in [1.29, 1.82) is 0 Å². The number of nitrogens with one attached hydrogen (secondary N) is 1. The SMILES string of the molecule is O=S(=O)(Cc1ccccc1)N=C1CCc2ccccc2N1. The number of amidine groups is 1. The third-order valence-electron chi connectivity index (χ3n) is 3.37. The summed E-state index contributed by atoms with van der Waals surface area (Å²) in [6, 6.07) is 17.0. The lowest BCUT2D eigenvalue weighted by Gasteiger charge is -2.19. The van der Waals surface area contributed by atoms with E-state index in [-0.39, 0.29) is 5.75 Å². The van der Waals surface area contributed by atoms with Crippen LogP contribution < -0.4 is 5.32 Å². The Hall–Kier alpha value is -2.14. The Morgan fingerprint density at radius 1 is 0.952 bits per heavy atom. The van der Waals surface area contributed by atoms with E-state index in [0.717, 1.165) is 17.7 Å². The molecule has 0 bridgehead atoms. The van der Waals surface area contributed by atoms with Gasteiger partial charge in [-0.3, -0.25) is 0 Å². The van der Waals surface area contributed by atoms with Crippen LogP contribution in [-0.4, -0.2) is 14.3 Å². The van der Waals surface area contributed by atoms with Crippen LogP contribution in [0.2, 0.25) is 0 Å². The number of anilines is 1. The summed E-state index contributed by atoms with van der Waals surface area (Å²) in [7, 11) is -3.51. The van der Waals surface area contributed by atoms with Crippen molar-refractivity contribution in [3.05, 3.63) is 65.7 Å². The van der Waals surface area contributed by atoms with Gasteiger partial charge in [-0.1, -0.05) is 48.5 Å². The minimum Gasteiger partial charge on any atom is -0.343 e. The van der Waals surface area contributed by atoms with Crippen molar-refractivity contribution in [3.63, 3.8) is 0 Å². The fourth-order valence-corrected chi connectivity index (χ4v) is 3.54. The highest BCUT2D eigenvalue weighted by Crippen LogP contribution is 2.22. The summed E-state index contributed by atoms with van der Waals surface area (Å²) in [5.74, 6) is 0.449. The molecule has 1 aliphatic heterocycles. The second-order valence-electron chi connectivity index (χ2n) is 5.03. The van der Waals surface area contributed by atoms with Crippen LogP contribution in [0.1, 0.15) is 17.5 Å². The van der Waals surface area contributed by atoms with Gasteiger partial charge in [-0.05, 0) is 23.6 Å². The van der Waals surface area contributed by atoms with Crippen molar-refractivity contribution in [2.75, 3.05) is 5.32 Å². The highest BCUT2D eigenvalue weighted by Gasteiger charge is 2.17. The maximum Gasteiger partial charge on any atom is 0.258 e. The lowest BCUT2D eigenvalue weighted by atomic mass is 10.0. The van der Waals surface area contributed by atoms with Crippen LogP contribution in [0.15, 0.2) is 59.0 Å². The average Bonchev–Trinajstić information content (AvgIpc) is 2.47. The number of para-hydroxylation sites is 1. The molecule has 0 aromatic heterocycles. The van der Waals surface area contributed by atoms with E-state index in [2.05, 4.69) is 9.71 Å². The molecule has 1 aliphatic rings. The van der Waals surface area contributed by atoms with E-state index in [9.17, 15) is 8.42 Å². The third kappa shape index (κ3) is 3.49. The van der Waals surface area contributed by atoms with Crippen molar-refractivity contribution in [1.82, 2.24) is 0 Å². The number of sulfonamides is 1. The highest BCUT2D eigenvalue weighted by atomic mass is 32.2. The lowest BCUT2D eigenvalue weighted by Crippen LogP contribution is -2.21. The monoisotopic (exact) mass is 300 g/mol. The Kier molecular flexibility index (Phi) is 3.75. The molecule has 0 unspecified atom stereocenters. The van der Waals surface area contributed by atoms with E-state index in [4.69, 9.17) is 0 Å². The van der Waals surface area contributed by atoms with Gasteiger partial charge in [-0.2, -0.15) is 0 Å². The summed E-state index contributed by atoms with van der Waals surface area (Å²) in [6.07, 6.45) is 1.42. The second kappa shape index (κ2) is 5.69.